The molecule has 3 heterocycles. The number of sulfonamides is 1. The Bertz CT molecular complexity index is 1750. The van der Waals surface area contributed by atoms with E-state index in [-0.39, 0.29) is 39.6 Å². The molecule has 2 unspecified atom stereocenters. The van der Waals surface area contributed by atoms with Crippen molar-refractivity contribution in [3.63, 3.8) is 0 Å². The molecule has 0 radical (unpaired) electrons. The standard InChI is InChI=1S/C32H37N5O6S/c1-35-10-4-13-37(25-17-24(25)35)31(38)19-14-26(41-2)29(27(15-19)42-3)44(39,40)34-30-22-18-32(8-9-32)23-7-6-20(36-11-5-12-36)16-21(23)28(22)43-33-30/h6-7,14-16,24-25H,4-5,8-13,17-18H2,1-3H3,(H,33,34). The molecule has 3 aliphatic carbocycles. The van der Waals surface area contributed by atoms with Gasteiger partial charge in [0.1, 0.15) is 11.5 Å². The van der Waals surface area contributed by atoms with Crippen molar-refractivity contribution in [2.24, 2.45) is 0 Å². The van der Waals surface area contributed by atoms with Crippen LogP contribution in [0.15, 0.2) is 39.8 Å². The van der Waals surface area contributed by atoms with E-state index >= 15 is 0 Å². The third-order valence-electron chi connectivity index (χ3n) is 10.3. The van der Waals surface area contributed by atoms with E-state index in [1.807, 2.05) is 4.90 Å². The highest BCUT2D eigenvalue weighted by Crippen LogP contribution is 2.59. The highest BCUT2D eigenvalue weighted by molar-refractivity contribution is 7.93. The number of anilines is 2. The maximum absolute atomic E-state index is 14.0. The first-order valence-corrected chi connectivity index (χ1v) is 16.9. The number of hydrogen-bond donors (Lipinski definition) is 1. The maximum Gasteiger partial charge on any atom is 0.270 e. The molecule has 2 aliphatic heterocycles. The number of amides is 1. The number of carbonyl (C=O) groups is 1. The van der Waals surface area contributed by atoms with Crippen LogP contribution in [0.3, 0.4) is 0 Å². The number of nitrogens with zero attached hydrogens (tertiary/aromatic N) is 4. The van der Waals surface area contributed by atoms with Gasteiger partial charge in [0.15, 0.2) is 16.5 Å². The van der Waals surface area contributed by atoms with Crippen LogP contribution in [0.1, 0.15) is 53.6 Å². The Kier molecular flexibility index (Phi) is 6.22. The molecule has 44 heavy (non-hydrogen) atoms. The number of likely N-dealkylation sites (N-methyl/N-ethyl adjacent to an activating group) is 1. The zero-order valence-corrected chi connectivity index (χ0v) is 26.1. The summed E-state index contributed by atoms with van der Waals surface area (Å²) >= 11 is 0. The summed E-state index contributed by atoms with van der Waals surface area (Å²) in [5.41, 5.74) is 4.44. The minimum atomic E-state index is -4.26. The Morgan fingerprint density at radius 3 is 2.41 bits per heavy atom. The van der Waals surface area contributed by atoms with Crippen molar-refractivity contribution in [1.82, 2.24) is 15.0 Å². The molecular formula is C32H37N5O6S. The van der Waals surface area contributed by atoms with Gasteiger partial charge in [-0.2, -0.15) is 0 Å². The highest BCUT2D eigenvalue weighted by Gasteiger charge is 2.51. The van der Waals surface area contributed by atoms with Crippen molar-refractivity contribution in [3.8, 4) is 22.8 Å². The number of carbonyl (C=O) groups excluding carboxylic acids is 1. The largest absolute Gasteiger partial charge is 0.495 e. The molecule has 2 saturated carbocycles. The Morgan fingerprint density at radius 2 is 1.75 bits per heavy atom. The van der Waals surface area contributed by atoms with E-state index in [2.05, 4.69) is 44.9 Å². The van der Waals surface area contributed by atoms with Gasteiger partial charge in [-0.1, -0.05) is 11.2 Å². The number of hydrogen-bond acceptors (Lipinski definition) is 9. The molecule has 3 aromatic rings. The molecule has 1 amide bonds. The van der Waals surface area contributed by atoms with Gasteiger partial charge in [0.05, 0.1) is 14.2 Å². The quantitative estimate of drug-likeness (QED) is 0.421. The number of ether oxygens (including phenoxy) is 2. The van der Waals surface area contributed by atoms with E-state index < -0.39 is 10.0 Å². The number of methoxy groups -OCH3 is 2. The minimum Gasteiger partial charge on any atom is -0.495 e. The van der Waals surface area contributed by atoms with Crippen molar-refractivity contribution >= 4 is 27.4 Å². The van der Waals surface area contributed by atoms with Crippen LogP contribution in [-0.4, -0.2) is 88.8 Å². The van der Waals surface area contributed by atoms with E-state index in [0.29, 0.717) is 30.3 Å². The number of nitrogens with one attached hydrogen (secondary N) is 1. The molecule has 2 atom stereocenters. The zero-order valence-electron chi connectivity index (χ0n) is 25.3. The summed E-state index contributed by atoms with van der Waals surface area (Å²) < 4.78 is 47.7. The van der Waals surface area contributed by atoms with E-state index in [1.165, 1.54) is 38.3 Å². The van der Waals surface area contributed by atoms with E-state index in [1.54, 1.807) is 0 Å². The topological polar surface area (TPSA) is 117 Å². The summed E-state index contributed by atoms with van der Waals surface area (Å²) in [7, 11) is 0.617. The van der Waals surface area contributed by atoms with E-state index in [4.69, 9.17) is 14.0 Å². The van der Waals surface area contributed by atoms with Crippen molar-refractivity contribution in [3.05, 3.63) is 47.0 Å². The molecule has 11 nitrogen and oxygen atoms in total. The van der Waals surface area contributed by atoms with Crippen molar-refractivity contribution < 1.29 is 27.2 Å². The van der Waals surface area contributed by atoms with Gasteiger partial charge >= 0.3 is 0 Å². The molecule has 0 bridgehead atoms. The third kappa shape index (κ3) is 4.28. The lowest BCUT2D eigenvalue weighted by atomic mass is 9.79. The Hall–Kier alpha value is -3.77. The first-order valence-electron chi connectivity index (χ1n) is 15.4. The second kappa shape index (κ2) is 9.87. The first kappa shape index (κ1) is 27.8. The Labute approximate surface area is 257 Å². The van der Waals surface area contributed by atoms with Crippen LogP contribution in [0.2, 0.25) is 0 Å². The number of aromatic nitrogens is 1. The zero-order chi connectivity index (χ0) is 30.4. The second-order valence-corrected chi connectivity index (χ2v) is 14.5. The minimum absolute atomic E-state index is 0.0261. The van der Waals surface area contributed by atoms with E-state index in [0.717, 1.165) is 62.1 Å². The molecule has 1 aromatic heterocycles. The average molecular weight is 620 g/mol. The first-order chi connectivity index (χ1) is 21.2. The third-order valence-corrected chi connectivity index (χ3v) is 11.7. The predicted molar refractivity (Wildman–Crippen MR) is 164 cm³/mol. The van der Waals surface area contributed by atoms with Crippen LogP contribution in [0.25, 0.3) is 11.3 Å². The predicted octanol–water partition coefficient (Wildman–Crippen LogP) is 3.88. The van der Waals surface area contributed by atoms with Crippen molar-refractivity contribution in [2.75, 3.05) is 57.1 Å². The van der Waals surface area contributed by atoms with Crippen LogP contribution in [0.4, 0.5) is 11.5 Å². The molecule has 2 aromatic carbocycles. The fourth-order valence-corrected chi connectivity index (χ4v) is 8.74. The molecule has 4 fully saturated rings. The fourth-order valence-electron chi connectivity index (χ4n) is 7.41. The van der Waals surface area contributed by atoms with E-state index in [9.17, 15) is 13.2 Å². The van der Waals surface area contributed by atoms with Gasteiger partial charge in [-0.3, -0.25) is 9.52 Å². The maximum atomic E-state index is 14.0. The lowest BCUT2D eigenvalue weighted by molar-refractivity contribution is 0.0743. The van der Waals surface area contributed by atoms with Crippen LogP contribution in [0, 0.1) is 0 Å². The lowest BCUT2D eigenvalue weighted by Crippen LogP contribution is -2.37. The van der Waals surface area contributed by atoms with Crippen LogP contribution in [-0.2, 0) is 21.9 Å². The summed E-state index contributed by atoms with van der Waals surface area (Å²) in [6.07, 6.45) is 5.72. The molecule has 2 saturated heterocycles. The highest BCUT2D eigenvalue weighted by atomic mass is 32.2. The van der Waals surface area contributed by atoms with Gasteiger partial charge in [0, 0.05) is 59.5 Å². The van der Waals surface area contributed by atoms with Crippen molar-refractivity contribution in [1.29, 1.82) is 0 Å². The van der Waals surface area contributed by atoms with Crippen molar-refractivity contribution in [2.45, 2.75) is 60.9 Å². The molecule has 1 N–H and O–H groups in total. The average Bonchev–Trinajstić information content (AvgIpc) is 3.91. The van der Waals surface area contributed by atoms with Crippen LogP contribution in [0.5, 0.6) is 11.5 Å². The number of benzene rings is 2. The smallest absolute Gasteiger partial charge is 0.270 e. The molecule has 232 valence electrons. The number of rotatable bonds is 7. The molecule has 12 heteroatoms. The molecule has 5 aliphatic rings. The summed E-state index contributed by atoms with van der Waals surface area (Å²) in [5.74, 6) is 0.681. The van der Waals surface area contributed by atoms with Gasteiger partial charge in [0.25, 0.3) is 15.9 Å². The SMILES string of the molecule is COc1cc(C(=O)N2CCCN(C)C3CC32)cc(OC)c1S(=O)(=O)Nc1noc2c1CC1(CC1)c1ccc(N3CCC3)cc1-2. The summed E-state index contributed by atoms with van der Waals surface area (Å²) in [6.45, 7) is 3.65. The molecule has 8 rings (SSSR count). The molecular weight excluding hydrogens is 582 g/mol. The Balaban J connectivity index is 1.12. The van der Waals surface area contributed by atoms with Gasteiger partial charge in [-0.25, -0.2) is 8.42 Å². The molecule has 1 spiro atoms. The van der Waals surface area contributed by atoms with Gasteiger partial charge in [-0.15, -0.1) is 0 Å². The Morgan fingerprint density at radius 1 is 1.02 bits per heavy atom. The van der Waals surface area contributed by atoms with Crippen LogP contribution < -0.4 is 19.1 Å². The fraction of sp³-hybridized carbons (Fsp3) is 0.500. The summed E-state index contributed by atoms with van der Waals surface area (Å²) in [5, 5.41) is 4.23. The van der Waals surface area contributed by atoms with Crippen LogP contribution >= 0.6 is 0 Å². The lowest BCUT2D eigenvalue weighted by Gasteiger charge is -2.34. The van der Waals surface area contributed by atoms with Gasteiger partial charge < -0.3 is 28.7 Å². The summed E-state index contributed by atoms with van der Waals surface area (Å²) in [4.78, 5) is 20.0. The normalized spacial score (nSPS) is 23.2. The van der Waals surface area contributed by atoms with Gasteiger partial charge in [0.2, 0.25) is 0 Å². The monoisotopic (exact) mass is 619 g/mol. The second-order valence-electron chi connectivity index (χ2n) is 12.9. The number of fused-ring (bicyclic) bond motifs is 5. The van der Waals surface area contributed by atoms with Gasteiger partial charge in [-0.05, 0) is 81.9 Å². The summed E-state index contributed by atoms with van der Waals surface area (Å²) in [6, 6.07) is 10.1.